The predicted molar refractivity (Wildman–Crippen MR) is 88.3 cm³/mol. The number of alkyl halides is 1. The Bertz CT molecular complexity index is 687. The van der Waals surface area contributed by atoms with Gasteiger partial charge in [0.2, 0.25) is 0 Å². The molecule has 2 aromatic heterocycles. The van der Waals surface area contributed by atoms with E-state index in [9.17, 15) is 4.39 Å². The van der Waals surface area contributed by atoms with E-state index in [1.807, 2.05) is 12.4 Å². The number of aromatic nitrogens is 5. The highest BCUT2D eigenvalue weighted by atomic mass is 19.1. The zero-order chi connectivity index (χ0) is 16.5. The zero-order valence-electron chi connectivity index (χ0n) is 14.2. The molecular weight excluding hydrogens is 307 g/mol. The van der Waals surface area contributed by atoms with Crippen LogP contribution in [0.3, 0.4) is 0 Å². The Balaban J connectivity index is 1.48. The highest BCUT2D eigenvalue weighted by Crippen LogP contribution is 2.35. The molecule has 0 bridgehead atoms. The molecule has 0 spiro atoms. The topological polar surface area (TPSA) is 51.8 Å². The zero-order valence-corrected chi connectivity index (χ0v) is 14.2. The van der Waals surface area contributed by atoms with E-state index in [-0.39, 0.29) is 12.7 Å². The van der Waals surface area contributed by atoms with Crippen LogP contribution in [-0.4, -0.2) is 42.7 Å². The van der Waals surface area contributed by atoms with Crippen LogP contribution in [0.5, 0.6) is 0 Å². The molecule has 1 aliphatic carbocycles. The number of fused-ring (bicyclic) bond motifs is 1. The van der Waals surface area contributed by atoms with Crippen LogP contribution < -0.4 is 0 Å². The molecule has 2 aliphatic rings. The van der Waals surface area contributed by atoms with Gasteiger partial charge in [0.25, 0.3) is 0 Å². The van der Waals surface area contributed by atoms with Crippen molar-refractivity contribution in [2.75, 3.05) is 13.2 Å². The van der Waals surface area contributed by atoms with Crippen LogP contribution in [0.25, 0.3) is 0 Å². The minimum absolute atomic E-state index is 0.242. The smallest absolute Gasteiger partial charge is 0.150 e. The van der Waals surface area contributed by atoms with Crippen LogP contribution in [0, 0.1) is 0 Å². The number of hydrogen-bond donors (Lipinski definition) is 0. The molecule has 0 amide bonds. The van der Waals surface area contributed by atoms with E-state index in [4.69, 9.17) is 0 Å². The molecule has 7 heteroatoms. The summed E-state index contributed by atoms with van der Waals surface area (Å²) >= 11 is 0. The Labute approximate surface area is 141 Å². The van der Waals surface area contributed by atoms with E-state index in [2.05, 4.69) is 31.7 Å². The molecule has 1 aliphatic heterocycles. The first-order chi connectivity index (χ1) is 11.8. The van der Waals surface area contributed by atoms with Gasteiger partial charge in [0, 0.05) is 37.3 Å². The minimum Gasteiger partial charge on any atom is -0.312 e. The van der Waals surface area contributed by atoms with Crippen LogP contribution >= 0.6 is 0 Å². The molecule has 2 aromatic rings. The quantitative estimate of drug-likeness (QED) is 0.845. The van der Waals surface area contributed by atoms with Gasteiger partial charge in [-0.1, -0.05) is 12.8 Å². The average molecular weight is 332 g/mol. The van der Waals surface area contributed by atoms with Gasteiger partial charge >= 0.3 is 0 Å². The van der Waals surface area contributed by atoms with Gasteiger partial charge in [-0.15, -0.1) is 10.2 Å². The van der Waals surface area contributed by atoms with Gasteiger partial charge in [-0.25, -0.2) is 4.39 Å². The van der Waals surface area contributed by atoms with E-state index in [0.29, 0.717) is 12.5 Å². The lowest BCUT2D eigenvalue weighted by atomic mass is 10.1. The van der Waals surface area contributed by atoms with E-state index >= 15 is 0 Å². The summed E-state index contributed by atoms with van der Waals surface area (Å²) in [5.41, 5.74) is 1.12. The highest BCUT2D eigenvalue weighted by molar-refractivity contribution is 5.11. The Hall–Kier alpha value is -1.76. The molecule has 130 valence electrons. The summed E-state index contributed by atoms with van der Waals surface area (Å²) in [7, 11) is 0. The number of rotatable bonds is 5. The monoisotopic (exact) mass is 332 g/mol. The van der Waals surface area contributed by atoms with Gasteiger partial charge in [-0.05, 0) is 19.8 Å². The second kappa shape index (κ2) is 6.63. The van der Waals surface area contributed by atoms with E-state index in [1.54, 1.807) is 4.68 Å². The summed E-state index contributed by atoms with van der Waals surface area (Å²) < 4.78 is 16.4. The normalized spacial score (nSPS) is 22.2. The summed E-state index contributed by atoms with van der Waals surface area (Å²) in [4.78, 5) is 2.40. The van der Waals surface area contributed by atoms with Crippen molar-refractivity contribution >= 4 is 0 Å². The van der Waals surface area contributed by atoms with Crippen LogP contribution in [0.15, 0.2) is 12.4 Å². The number of aryl methyl sites for hydroxylation is 1. The van der Waals surface area contributed by atoms with Crippen molar-refractivity contribution in [3.63, 3.8) is 0 Å². The molecule has 1 atom stereocenters. The second-order valence-corrected chi connectivity index (χ2v) is 7.00. The van der Waals surface area contributed by atoms with Gasteiger partial charge < -0.3 is 4.57 Å². The Morgan fingerprint density at radius 3 is 2.75 bits per heavy atom. The van der Waals surface area contributed by atoms with Crippen LogP contribution in [0.4, 0.5) is 4.39 Å². The second-order valence-electron chi connectivity index (χ2n) is 7.00. The molecule has 6 nitrogen and oxygen atoms in total. The molecule has 0 aromatic carbocycles. The number of halogens is 1. The number of hydrogen-bond acceptors (Lipinski definition) is 4. The van der Waals surface area contributed by atoms with Crippen molar-refractivity contribution < 1.29 is 4.39 Å². The van der Waals surface area contributed by atoms with Crippen molar-refractivity contribution in [1.29, 1.82) is 0 Å². The Morgan fingerprint density at radius 1 is 1.17 bits per heavy atom. The van der Waals surface area contributed by atoms with Crippen LogP contribution in [-0.2, 0) is 19.6 Å². The summed E-state index contributed by atoms with van der Waals surface area (Å²) in [6.07, 6.45) is 8.92. The SMILES string of the molecule is CC1c2nnc(C3CCCC3)n2CCN1Cc1cnn(CCF)c1. The van der Waals surface area contributed by atoms with Crippen molar-refractivity contribution in [2.24, 2.45) is 0 Å². The molecule has 3 heterocycles. The van der Waals surface area contributed by atoms with Crippen LogP contribution in [0.1, 0.15) is 61.8 Å². The van der Waals surface area contributed by atoms with Crippen molar-refractivity contribution in [3.8, 4) is 0 Å². The maximum Gasteiger partial charge on any atom is 0.150 e. The standard InChI is InChI=1S/C17H25FN6/c1-13-16-20-21-17(15-4-2-3-5-15)24(16)9-8-22(13)11-14-10-19-23(12-14)7-6-18/h10,12-13,15H,2-9,11H2,1H3. The fourth-order valence-corrected chi connectivity index (χ4v) is 4.08. The molecule has 0 saturated heterocycles. The van der Waals surface area contributed by atoms with Gasteiger partial charge in [-0.3, -0.25) is 9.58 Å². The molecule has 1 unspecified atom stereocenters. The molecule has 4 rings (SSSR count). The summed E-state index contributed by atoms with van der Waals surface area (Å²) in [5.74, 6) is 2.88. The average Bonchev–Trinajstić information content (AvgIpc) is 3.30. The summed E-state index contributed by atoms with van der Waals surface area (Å²) in [6.45, 7) is 4.91. The van der Waals surface area contributed by atoms with Gasteiger partial charge in [0.05, 0.1) is 18.8 Å². The summed E-state index contributed by atoms with van der Waals surface area (Å²) in [5, 5.41) is 13.3. The molecule has 1 fully saturated rings. The van der Waals surface area contributed by atoms with E-state index in [0.717, 1.165) is 31.0 Å². The van der Waals surface area contributed by atoms with Gasteiger partial charge in [-0.2, -0.15) is 5.10 Å². The first-order valence-electron chi connectivity index (χ1n) is 9.00. The first kappa shape index (κ1) is 15.7. The third-order valence-corrected chi connectivity index (χ3v) is 5.45. The van der Waals surface area contributed by atoms with Crippen LogP contribution in [0.2, 0.25) is 0 Å². The lowest BCUT2D eigenvalue weighted by Gasteiger charge is -2.33. The van der Waals surface area contributed by atoms with E-state index < -0.39 is 0 Å². The maximum absolute atomic E-state index is 12.4. The largest absolute Gasteiger partial charge is 0.312 e. The molecule has 24 heavy (non-hydrogen) atoms. The fourth-order valence-electron chi connectivity index (χ4n) is 4.08. The molecule has 0 N–H and O–H groups in total. The lowest BCUT2D eigenvalue weighted by Crippen LogP contribution is -2.37. The van der Waals surface area contributed by atoms with Crippen molar-refractivity contribution in [2.45, 2.75) is 64.2 Å². The summed E-state index contributed by atoms with van der Waals surface area (Å²) in [6, 6.07) is 0.242. The molecule has 1 saturated carbocycles. The van der Waals surface area contributed by atoms with Crippen molar-refractivity contribution in [1.82, 2.24) is 29.4 Å². The third kappa shape index (κ3) is 2.85. The maximum atomic E-state index is 12.4. The fraction of sp³-hybridized carbons (Fsp3) is 0.706. The predicted octanol–water partition coefficient (Wildman–Crippen LogP) is 2.68. The molecular formula is C17H25FN6. The number of nitrogens with zero attached hydrogens (tertiary/aromatic N) is 6. The van der Waals surface area contributed by atoms with Gasteiger partial charge in [0.15, 0.2) is 0 Å². The lowest BCUT2D eigenvalue weighted by molar-refractivity contribution is 0.154. The van der Waals surface area contributed by atoms with Gasteiger partial charge in [0.1, 0.15) is 18.3 Å². The third-order valence-electron chi connectivity index (χ3n) is 5.45. The molecule has 0 radical (unpaired) electrons. The van der Waals surface area contributed by atoms with E-state index in [1.165, 1.54) is 31.5 Å². The first-order valence-corrected chi connectivity index (χ1v) is 9.00. The highest BCUT2D eigenvalue weighted by Gasteiger charge is 2.31. The minimum atomic E-state index is -0.381. The Morgan fingerprint density at radius 2 is 1.96 bits per heavy atom. The van der Waals surface area contributed by atoms with Crippen molar-refractivity contribution in [3.05, 3.63) is 29.6 Å². The Kier molecular flexibility index (Phi) is 4.35.